The van der Waals surface area contributed by atoms with Crippen LogP contribution in [-0.4, -0.2) is 49.4 Å². The summed E-state index contributed by atoms with van der Waals surface area (Å²) in [6.07, 6.45) is 7.09. The highest BCUT2D eigenvalue weighted by Crippen LogP contribution is 2.39. The average molecular weight is 340 g/mol. The van der Waals surface area contributed by atoms with E-state index in [0.717, 1.165) is 44.8 Å². The minimum atomic E-state index is 0.570. The Labute approximate surface area is 148 Å². The van der Waals surface area contributed by atoms with Crippen LogP contribution in [0.2, 0.25) is 0 Å². The molecule has 6 nitrogen and oxygen atoms in total. The Hall–Kier alpha value is -2.34. The van der Waals surface area contributed by atoms with Crippen molar-refractivity contribution in [2.45, 2.75) is 19.8 Å². The first-order chi connectivity index (χ1) is 12.3. The first-order valence-corrected chi connectivity index (χ1v) is 8.95. The third kappa shape index (κ3) is 3.39. The van der Waals surface area contributed by atoms with Crippen LogP contribution in [0.1, 0.15) is 16.7 Å². The van der Waals surface area contributed by atoms with Crippen molar-refractivity contribution < 1.29 is 9.47 Å². The summed E-state index contributed by atoms with van der Waals surface area (Å²) in [6, 6.07) is 2.25. The van der Waals surface area contributed by atoms with Gasteiger partial charge in [0.1, 0.15) is 19.0 Å². The van der Waals surface area contributed by atoms with Gasteiger partial charge in [0.05, 0.1) is 25.0 Å². The largest absolute Gasteiger partial charge is 0.490 e. The fraction of sp³-hybridized carbons (Fsp3) is 0.474. The molecular formula is C19H24N4O2. The minimum Gasteiger partial charge on any atom is -0.490 e. The van der Waals surface area contributed by atoms with Gasteiger partial charge in [-0.3, -0.25) is 4.98 Å². The number of nitrogens with zero attached hydrogens (tertiary/aromatic N) is 3. The van der Waals surface area contributed by atoms with Gasteiger partial charge < -0.3 is 19.7 Å². The van der Waals surface area contributed by atoms with Gasteiger partial charge in [-0.2, -0.15) is 0 Å². The maximum Gasteiger partial charge on any atom is 0.232 e. The lowest BCUT2D eigenvalue weighted by atomic mass is 9.94. The lowest BCUT2D eigenvalue weighted by Gasteiger charge is -2.34. The van der Waals surface area contributed by atoms with Crippen LogP contribution in [0.3, 0.4) is 0 Å². The monoisotopic (exact) mass is 340 g/mol. The molecule has 2 aromatic rings. The summed E-state index contributed by atoms with van der Waals surface area (Å²) in [4.78, 5) is 10.6. The van der Waals surface area contributed by atoms with Gasteiger partial charge in [0, 0.05) is 12.4 Å². The fourth-order valence-electron chi connectivity index (χ4n) is 3.74. The molecule has 0 bridgehead atoms. The molecule has 4 rings (SSSR count). The number of anilines is 1. The highest BCUT2D eigenvalue weighted by molar-refractivity contribution is 5.69. The third-order valence-corrected chi connectivity index (χ3v) is 4.94. The standard InChI is InChI=1S/C19H24N4O2/c1-14-16-3-5-20-4-2-15(16)12-17-19(14)23(8-10-24-17)9-11-25-18-13-21-6-7-22-18/h6-7,12-13,20H,2-5,8-11H2,1H3. The highest BCUT2D eigenvalue weighted by Gasteiger charge is 2.24. The molecule has 1 aromatic heterocycles. The van der Waals surface area contributed by atoms with E-state index in [9.17, 15) is 0 Å². The van der Waals surface area contributed by atoms with Crippen molar-refractivity contribution in [2.75, 3.05) is 44.3 Å². The van der Waals surface area contributed by atoms with E-state index >= 15 is 0 Å². The number of aromatic nitrogens is 2. The molecule has 0 fully saturated rings. The van der Waals surface area contributed by atoms with Crippen LogP contribution >= 0.6 is 0 Å². The van der Waals surface area contributed by atoms with Crippen molar-refractivity contribution in [3.8, 4) is 11.6 Å². The minimum absolute atomic E-state index is 0.570. The van der Waals surface area contributed by atoms with Gasteiger partial charge >= 0.3 is 0 Å². The lowest BCUT2D eigenvalue weighted by molar-refractivity contribution is 0.283. The second kappa shape index (κ2) is 7.27. The van der Waals surface area contributed by atoms with Crippen LogP contribution in [0.15, 0.2) is 24.7 Å². The predicted octanol–water partition coefficient (Wildman–Crippen LogP) is 1.75. The van der Waals surface area contributed by atoms with Crippen molar-refractivity contribution >= 4 is 5.69 Å². The molecule has 0 saturated carbocycles. The van der Waals surface area contributed by atoms with Crippen LogP contribution in [0.4, 0.5) is 5.69 Å². The molecule has 0 atom stereocenters. The van der Waals surface area contributed by atoms with E-state index < -0.39 is 0 Å². The van der Waals surface area contributed by atoms with E-state index in [2.05, 4.69) is 33.2 Å². The van der Waals surface area contributed by atoms with Gasteiger partial charge in [-0.25, -0.2) is 4.98 Å². The first kappa shape index (κ1) is 16.1. The van der Waals surface area contributed by atoms with Crippen molar-refractivity contribution in [3.05, 3.63) is 41.3 Å². The van der Waals surface area contributed by atoms with E-state index in [-0.39, 0.29) is 0 Å². The van der Waals surface area contributed by atoms with E-state index in [1.807, 2.05) is 0 Å². The van der Waals surface area contributed by atoms with Gasteiger partial charge in [-0.05, 0) is 55.6 Å². The normalized spacial score (nSPS) is 16.4. The van der Waals surface area contributed by atoms with E-state index in [1.165, 1.54) is 22.4 Å². The molecule has 0 amide bonds. The highest BCUT2D eigenvalue weighted by atomic mass is 16.5. The number of nitrogens with one attached hydrogen (secondary N) is 1. The van der Waals surface area contributed by atoms with Crippen LogP contribution in [-0.2, 0) is 12.8 Å². The van der Waals surface area contributed by atoms with E-state index in [0.29, 0.717) is 19.1 Å². The summed E-state index contributed by atoms with van der Waals surface area (Å²) in [5, 5.41) is 3.49. The predicted molar refractivity (Wildman–Crippen MR) is 96.7 cm³/mol. The Balaban J connectivity index is 1.53. The first-order valence-electron chi connectivity index (χ1n) is 8.95. The zero-order valence-corrected chi connectivity index (χ0v) is 14.6. The number of benzene rings is 1. The number of hydrogen-bond acceptors (Lipinski definition) is 6. The number of ether oxygens (including phenoxy) is 2. The molecule has 0 unspecified atom stereocenters. The fourth-order valence-corrected chi connectivity index (χ4v) is 3.74. The second-order valence-corrected chi connectivity index (χ2v) is 6.46. The quantitative estimate of drug-likeness (QED) is 0.915. The second-order valence-electron chi connectivity index (χ2n) is 6.46. The molecule has 0 saturated heterocycles. The average Bonchev–Trinajstić information content (AvgIpc) is 2.88. The van der Waals surface area contributed by atoms with Crippen molar-refractivity contribution in [2.24, 2.45) is 0 Å². The zero-order chi connectivity index (χ0) is 17.1. The SMILES string of the molecule is Cc1c2c(cc3c1N(CCOc1cnccn1)CCO3)CCNCC2. The lowest BCUT2D eigenvalue weighted by Crippen LogP contribution is -2.36. The van der Waals surface area contributed by atoms with Crippen LogP contribution in [0, 0.1) is 6.92 Å². The topological polar surface area (TPSA) is 59.5 Å². The molecule has 132 valence electrons. The summed E-state index contributed by atoms with van der Waals surface area (Å²) >= 11 is 0. The molecule has 2 aliphatic rings. The van der Waals surface area contributed by atoms with Gasteiger partial charge in [-0.1, -0.05) is 0 Å². The van der Waals surface area contributed by atoms with Crippen molar-refractivity contribution in [3.63, 3.8) is 0 Å². The molecule has 0 aliphatic carbocycles. The zero-order valence-electron chi connectivity index (χ0n) is 14.6. The van der Waals surface area contributed by atoms with Gasteiger partial charge in [0.15, 0.2) is 0 Å². The molecule has 0 spiro atoms. The summed E-state index contributed by atoms with van der Waals surface area (Å²) in [5.74, 6) is 1.59. The maximum absolute atomic E-state index is 5.98. The molecule has 6 heteroatoms. The summed E-state index contributed by atoms with van der Waals surface area (Å²) in [5.41, 5.74) is 5.50. The van der Waals surface area contributed by atoms with Crippen LogP contribution in [0.25, 0.3) is 0 Å². The number of rotatable bonds is 4. The Morgan fingerprint density at radius 3 is 3.08 bits per heavy atom. The van der Waals surface area contributed by atoms with Crippen molar-refractivity contribution in [1.82, 2.24) is 15.3 Å². The Kier molecular flexibility index (Phi) is 4.70. The molecule has 3 heterocycles. The Morgan fingerprint density at radius 1 is 1.28 bits per heavy atom. The Morgan fingerprint density at radius 2 is 2.20 bits per heavy atom. The van der Waals surface area contributed by atoms with Crippen LogP contribution in [0.5, 0.6) is 11.6 Å². The van der Waals surface area contributed by atoms with E-state index in [1.54, 1.807) is 18.6 Å². The molecule has 25 heavy (non-hydrogen) atoms. The van der Waals surface area contributed by atoms with E-state index in [4.69, 9.17) is 9.47 Å². The molecular weight excluding hydrogens is 316 g/mol. The smallest absolute Gasteiger partial charge is 0.232 e. The molecule has 2 aliphatic heterocycles. The van der Waals surface area contributed by atoms with Gasteiger partial charge in [0.25, 0.3) is 0 Å². The van der Waals surface area contributed by atoms with Crippen LogP contribution < -0.4 is 19.7 Å². The number of fused-ring (bicyclic) bond motifs is 2. The number of hydrogen-bond donors (Lipinski definition) is 1. The van der Waals surface area contributed by atoms with Gasteiger partial charge in [0.2, 0.25) is 5.88 Å². The van der Waals surface area contributed by atoms with Crippen molar-refractivity contribution in [1.29, 1.82) is 0 Å². The Bertz CT molecular complexity index is 736. The summed E-state index contributed by atoms with van der Waals surface area (Å²) in [6.45, 7) is 7.31. The summed E-state index contributed by atoms with van der Waals surface area (Å²) < 4.78 is 11.7. The molecule has 1 aromatic carbocycles. The molecule has 0 radical (unpaired) electrons. The maximum atomic E-state index is 5.98. The molecule has 1 N–H and O–H groups in total. The third-order valence-electron chi connectivity index (χ3n) is 4.94. The van der Waals surface area contributed by atoms with Gasteiger partial charge in [-0.15, -0.1) is 0 Å². The summed E-state index contributed by atoms with van der Waals surface area (Å²) in [7, 11) is 0.